The first-order valence-electron chi connectivity index (χ1n) is 7.79. The van der Waals surface area contributed by atoms with Crippen LogP contribution in [0.15, 0.2) is 29.8 Å². The van der Waals surface area contributed by atoms with Gasteiger partial charge in [-0.25, -0.2) is 26.6 Å². The van der Waals surface area contributed by atoms with E-state index in [-0.39, 0.29) is 17.7 Å². The Hall–Kier alpha value is -2.46. The molecule has 0 bridgehead atoms. The number of carbonyl (C=O) groups excluding carboxylic acids is 1. The molecule has 1 aromatic heterocycles. The Morgan fingerprint density at radius 1 is 1.19 bits per heavy atom. The first-order valence-corrected chi connectivity index (χ1v) is 10.3. The van der Waals surface area contributed by atoms with Gasteiger partial charge in [-0.2, -0.15) is 0 Å². The van der Waals surface area contributed by atoms with E-state index < -0.39 is 44.5 Å². The van der Waals surface area contributed by atoms with Gasteiger partial charge in [-0.15, -0.1) is 11.3 Å². The maximum atomic E-state index is 14.7. The second-order valence-electron chi connectivity index (χ2n) is 5.69. The molecule has 0 aliphatic rings. The fraction of sp³-hybridized carbons (Fsp3) is 0.176. The molecule has 0 unspecified atom stereocenters. The van der Waals surface area contributed by atoms with Gasteiger partial charge < -0.3 is 0 Å². The van der Waals surface area contributed by atoms with Crippen molar-refractivity contribution in [2.75, 3.05) is 10.5 Å². The summed E-state index contributed by atoms with van der Waals surface area (Å²) in [6.45, 7) is 1.59. The molecule has 0 amide bonds. The van der Waals surface area contributed by atoms with Crippen molar-refractivity contribution >= 4 is 43.0 Å². The molecule has 0 aliphatic carbocycles. The molecule has 2 aromatic carbocycles. The van der Waals surface area contributed by atoms with E-state index in [0.29, 0.717) is 16.3 Å². The number of carbonyl (C=O) groups is 1. The van der Waals surface area contributed by atoms with Crippen LogP contribution in [-0.4, -0.2) is 24.9 Å². The highest BCUT2D eigenvalue weighted by atomic mass is 32.2. The minimum Gasteiger partial charge on any atom is -0.288 e. The lowest BCUT2D eigenvalue weighted by atomic mass is 10.0. The van der Waals surface area contributed by atoms with Gasteiger partial charge in [-0.05, 0) is 24.6 Å². The van der Waals surface area contributed by atoms with E-state index in [1.54, 1.807) is 12.4 Å². The number of ketones is 1. The Labute approximate surface area is 156 Å². The number of nitrogens with zero attached hydrogens (tertiary/aromatic N) is 1. The predicted molar refractivity (Wildman–Crippen MR) is 97.1 cm³/mol. The van der Waals surface area contributed by atoms with Crippen LogP contribution in [0.4, 0.5) is 18.9 Å². The van der Waals surface area contributed by atoms with Crippen LogP contribution in [0.5, 0.6) is 0 Å². The van der Waals surface area contributed by atoms with E-state index in [4.69, 9.17) is 0 Å². The van der Waals surface area contributed by atoms with Crippen LogP contribution in [-0.2, 0) is 10.0 Å². The molecule has 1 heterocycles. The standard InChI is InChI=1S/C17H13F3N2O3S2/c1-2-5-27(24,25)22-12-7-10(18)15(19)14(16(12)20)17(23)9-3-4-11-13(6-9)26-8-21-11/h3-4,6-8,22H,2,5H2,1H3. The molecule has 5 nitrogen and oxygen atoms in total. The number of benzene rings is 2. The maximum Gasteiger partial charge on any atom is 0.232 e. The van der Waals surface area contributed by atoms with Crippen molar-refractivity contribution in [1.29, 1.82) is 0 Å². The molecule has 10 heteroatoms. The molecule has 3 aromatic rings. The SMILES string of the molecule is CCCS(=O)(=O)Nc1cc(F)c(F)c(C(=O)c2ccc3ncsc3c2)c1F. The highest BCUT2D eigenvalue weighted by Crippen LogP contribution is 2.28. The van der Waals surface area contributed by atoms with E-state index in [1.807, 2.05) is 4.72 Å². The van der Waals surface area contributed by atoms with Crippen molar-refractivity contribution in [1.82, 2.24) is 4.98 Å². The number of aromatic nitrogens is 1. The van der Waals surface area contributed by atoms with Crippen molar-refractivity contribution in [2.45, 2.75) is 13.3 Å². The number of nitrogens with one attached hydrogen (secondary N) is 1. The third kappa shape index (κ3) is 3.81. The molecule has 0 saturated heterocycles. The van der Waals surface area contributed by atoms with Crippen LogP contribution in [0.25, 0.3) is 10.2 Å². The summed E-state index contributed by atoms with van der Waals surface area (Å²) < 4.78 is 69.0. The number of anilines is 1. The highest BCUT2D eigenvalue weighted by Gasteiger charge is 2.27. The number of thiazole rings is 1. The number of hydrogen-bond donors (Lipinski definition) is 1. The molecule has 3 rings (SSSR count). The van der Waals surface area contributed by atoms with Crippen molar-refractivity contribution in [3.8, 4) is 0 Å². The molecule has 0 aliphatic heterocycles. The fourth-order valence-corrected chi connectivity index (χ4v) is 4.34. The predicted octanol–water partition coefficient (Wildman–Crippen LogP) is 4.10. The smallest absolute Gasteiger partial charge is 0.232 e. The first-order chi connectivity index (χ1) is 12.7. The average molecular weight is 414 g/mol. The van der Waals surface area contributed by atoms with Gasteiger partial charge in [0.1, 0.15) is 0 Å². The molecule has 27 heavy (non-hydrogen) atoms. The second kappa shape index (κ2) is 7.28. The molecule has 0 fully saturated rings. The third-order valence-electron chi connectivity index (χ3n) is 3.72. The highest BCUT2D eigenvalue weighted by molar-refractivity contribution is 7.92. The molecule has 0 spiro atoms. The van der Waals surface area contributed by atoms with Crippen molar-refractivity contribution < 1.29 is 26.4 Å². The summed E-state index contributed by atoms with van der Waals surface area (Å²) in [5, 5.41) is 0. The lowest BCUT2D eigenvalue weighted by Crippen LogP contribution is -2.19. The Morgan fingerprint density at radius 2 is 1.93 bits per heavy atom. The normalized spacial score (nSPS) is 11.7. The summed E-state index contributed by atoms with van der Waals surface area (Å²) in [5.41, 5.74) is 0.1000. The Balaban J connectivity index is 2.09. The molecular weight excluding hydrogens is 401 g/mol. The van der Waals surface area contributed by atoms with Gasteiger partial charge in [-0.3, -0.25) is 9.52 Å². The molecular formula is C17H13F3N2O3S2. The zero-order valence-corrected chi connectivity index (χ0v) is 15.6. The molecule has 1 N–H and O–H groups in total. The molecule has 0 radical (unpaired) electrons. The van der Waals surface area contributed by atoms with Crippen molar-refractivity contribution in [2.24, 2.45) is 0 Å². The average Bonchev–Trinajstić information content (AvgIpc) is 3.07. The van der Waals surface area contributed by atoms with E-state index >= 15 is 0 Å². The van der Waals surface area contributed by atoms with E-state index in [2.05, 4.69) is 4.98 Å². The first kappa shape index (κ1) is 19.3. The van der Waals surface area contributed by atoms with Gasteiger partial charge in [0.2, 0.25) is 10.0 Å². The summed E-state index contributed by atoms with van der Waals surface area (Å²) in [6, 6.07) is 4.58. The van der Waals surface area contributed by atoms with E-state index in [1.165, 1.54) is 29.5 Å². The summed E-state index contributed by atoms with van der Waals surface area (Å²) >= 11 is 1.23. The van der Waals surface area contributed by atoms with Crippen LogP contribution < -0.4 is 4.72 Å². The van der Waals surface area contributed by atoms with E-state index in [0.717, 1.165) is 0 Å². The van der Waals surface area contributed by atoms with Crippen LogP contribution in [0.3, 0.4) is 0 Å². The topological polar surface area (TPSA) is 76.1 Å². The summed E-state index contributed by atoms with van der Waals surface area (Å²) in [6.07, 6.45) is 0.237. The minimum atomic E-state index is -3.96. The van der Waals surface area contributed by atoms with Crippen LogP contribution in [0, 0.1) is 17.5 Å². The van der Waals surface area contributed by atoms with Gasteiger partial charge in [0.15, 0.2) is 23.2 Å². The quantitative estimate of drug-likeness (QED) is 0.487. The second-order valence-corrected chi connectivity index (χ2v) is 8.42. The fourth-order valence-electron chi connectivity index (χ4n) is 2.51. The number of hydrogen-bond acceptors (Lipinski definition) is 5. The Bertz CT molecular complexity index is 1140. The monoisotopic (exact) mass is 414 g/mol. The van der Waals surface area contributed by atoms with Gasteiger partial charge in [-0.1, -0.05) is 6.92 Å². The van der Waals surface area contributed by atoms with Gasteiger partial charge in [0.05, 0.1) is 32.7 Å². The van der Waals surface area contributed by atoms with Crippen LogP contribution in [0.1, 0.15) is 29.3 Å². The molecule has 0 atom stereocenters. The van der Waals surface area contributed by atoms with Crippen LogP contribution in [0.2, 0.25) is 0 Å². The van der Waals surface area contributed by atoms with Crippen LogP contribution >= 0.6 is 11.3 Å². The summed E-state index contributed by atoms with van der Waals surface area (Å²) in [5.74, 6) is -6.12. The largest absolute Gasteiger partial charge is 0.288 e. The number of halogens is 3. The summed E-state index contributed by atoms with van der Waals surface area (Å²) in [7, 11) is -3.96. The number of rotatable bonds is 6. The molecule has 142 valence electrons. The Morgan fingerprint density at radius 3 is 2.63 bits per heavy atom. The maximum absolute atomic E-state index is 14.7. The Kier molecular flexibility index (Phi) is 5.20. The van der Waals surface area contributed by atoms with Gasteiger partial charge in [0, 0.05) is 11.6 Å². The zero-order chi connectivity index (χ0) is 19.8. The van der Waals surface area contributed by atoms with E-state index in [9.17, 15) is 26.4 Å². The van der Waals surface area contributed by atoms with Crippen molar-refractivity contribution in [3.63, 3.8) is 0 Å². The lowest BCUT2D eigenvalue weighted by Gasteiger charge is -2.12. The van der Waals surface area contributed by atoms with Gasteiger partial charge in [0.25, 0.3) is 0 Å². The summed E-state index contributed by atoms with van der Waals surface area (Å²) in [4.78, 5) is 16.6. The van der Waals surface area contributed by atoms with Gasteiger partial charge >= 0.3 is 0 Å². The number of sulfonamides is 1. The molecule has 0 saturated carbocycles. The third-order valence-corrected chi connectivity index (χ3v) is 5.98. The number of fused-ring (bicyclic) bond motifs is 1. The van der Waals surface area contributed by atoms with Crippen molar-refractivity contribution in [3.05, 3.63) is 58.4 Å². The lowest BCUT2D eigenvalue weighted by molar-refractivity contribution is 0.103. The minimum absolute atomic E-state index is 0.0717. The zero-order valence-electron chi connectivity index (χ0n) is 13.9.